The second-order valence-electron chi connectivity index (χ2n) is 5.70. The first kappa shape index (κ1) is 12.0. The molecule has 0 unspecified atom stereocenters. The van der Waals surface area contributed by atoms with Crippen LogP contribution in [0.1, 0.15) is 46.5 Å². The Labute approximate surface area is 88.4 Å². The van der Waals surface area contributed by atoms with Gasteiger partial charge in [-0.25, -0.2) is 0 Å². The normalized spacial score (nSPS) is 20.6. The molecule has 0 aromatic carbocycles. The van der Waals surface area contributed by atoms with Gasteiger partial charge in [0.05, 0.1) is 0 Å². The van der Waals surface area contributed by atoms with Crippen molar-refractivity contribution in [2.45, 2.75) is 52.0 Å². The molecule has 0 heterocycles. The number of hydrogen-bond donors (Lipinski definition) is 1. The zero-order chi connectivity index (χ0) is 10.7. The van der Waals surface area contributed by atoms with E-state index in [4.69, 9.17) is 4.74 Å². The fraction of sp³-hybridized carbons (Fsp3) is 1.00. The van der Waals surface area contributed by atoms with Gasteiger partial charge in [-0.15, -0.1) is 0 Å². The third-order valence-corrected chi connectivity index (χ3v) is 3.24. The minimum atomic E-state index is 0.246. The molecule has 0 aromatic rings. The Bertz CT molecular complexity index is 168. The van der Waals surface area contributed by atoms with E-state index in [0.29, 0.717) is 5.41 Å². The summed E-state index contributed by atoms with van der Waals surface area (Å²) in [6.07, 6.45) is 5.36. The summed E-state index contributed by atoms with van der Waals surface area (Å²) >= 11 is 0. The van der Waals surface area contributed by atoms with Gasteiger partial charge >= 0.3 is 0 Å². The maximum absolute atomic E-state index is 5.18. The second kappa shape index (κ2) is 4.63. The summed E-state index contributed by atoms with van der Waals surface area (Å²) in [5.74, 6) is 0. The van der Waals surface area contributed by atoms with Crippen LogP contribution < -0.4 is 5.32 Å². The van der Waals surface area contributed by atoms with Crippen LogP contribution in [0.5, 0.6) is 0 Å². The molecule has 2 heteroatoms. The van der Waals surface area contributed by atoms with Gasteiger partial charge in [-0.3, -0.25) is 0 Å². The van der Waals surface area contributed by atoms with Gasteiger partial charge in [-0.2, -0.15) is 0 Å². The quantitative estimate of drug-likeness (QED) is 0.735. The number of ether oxygens (including phenoxy) is 1. The Morgan fingerprint density at radius 1 is 1.29 bits per heavy atom. The fourth-order valence-corrected chi connectivity index (χ4v) is 1.96. The van der Waals surface area contributed by atoms with Crippen LogP contribution in [-0.2, 0) is 4.74 Å². The van der Waals surface area contributed by atoms with Crippen molar-refractivity contribution in [1.82, 2.24) is 5.32 Å². The van der Waals surface area contributed by atoms with E-state index in [1.165, 1.54) is 25.7 Å². The average Bonchev–Trinajstić information content (AvgIpc) is 2.00. The van der Waals surface area contributed by atoms with Crippen LogP contribution >= 0.6 is 0 Å². The van der Waals surface area contributed by atoms with Crippen LogP contribution in [0.2, 0.25) is 0 Å². The molecule has 0 saturated heterocycles. The number of rotatable bonds is 5. The molecule has 1 N–H and O–H groups in total. The lowest BCUT2D eigenvalue weighted by molar-refractivity contribution is 0.0631. The maximum atomic E-state index is 5.18. The van der Waals surface area contributed by atoms with Crippen molar-refractivity contribution in [3.8, 4) is 0 Å². The summed E-state index contributed by atoms with van der Waals surface area (Å²) in [4.78, 5) is 0. The Kier molecular flexibility index (Phi) is 3.96. The van der Waals surface area contributed by atoms with Crippen LogP contribution in [0.15, 0.2) is 0 Å². The first-order valence-electron chi connectivity index (χ1n) is 5.71. The standard InChI is InChI=1S/C12H25NO/c1-11(2,3)13-10-12(6-5-7-12)8-9-14-4/h13H,5-10H2,1-4H3. The monoisotopic (exact) mass is 199 g/mol. The highest BCUT2D eigenvalue weighted by Gasteiger charge is 2.36. The first-order valence-corrected chi connectivity index (χ1v) is 5.71. The van der Waals surface area contributed by atoms with Gasteiger partial charge in [0.25, 0.3) is 0 Å². The van der Waals surface area contributed by atoms with E-state index in [-0.39, 0.29) is 5.54 Å². The van der Waals surface area contributed by atoms with Gasteiger partial charge in [0.2, 0.25) is 0 Å². The molecule has 2 nitrogen and oxygen atoms in total. The van der Waals surface area contributed by atoms with Crippen molar-refractivity contribution in [2.24, 2.45) is 5.41 Å². The highest BCUT2D eigenvalue weighted by molar-refractivity contribution is 4.91. The van der Waals surface area contributed by atoms with Gasteiger partial charge in [0.1, 0.15) is 0 Å². The molecule has 1 aliphatic rings. The summed E-state index contributed by atoms with van der Waals surface area (Å²) in [6, 6.07) is 0. The van der Waals surface area contributed by atoms with Crippen molar-refractivity contribution in [3.05, 3.63) is 0 Å². The third kappa shape index (κ3) is 3.58. The SMILES string of the molecule is COCCC1(CNC(C)(C)C)CCC1. The van der Waals surface area contributed by atoms with Gasteiger partial charge < -0.3 is 10.1 Å². The number of hydrogen-bond acceptors (Lipinski definition) is 2. The molecule has 0 radical (unpaired) electrons. The molecule has 1 rings (SSSR count). The van der Waals surface area contributed by atoms with E-state index in [0.717, 1.165) is 13.2 Å². The van der Waals surface area contributed by atoms with Crippen LogP contribution in [0, 0.1) is 5.41 Å². The molecule has 1 aliphatic carbocycles. The van der Waals surface area contributed by atoms with Crippen molar-refractivity contribution in [3.63, 3.8) is 0 Å². The van der Waals surface area contributed by atoms with Gasteiger partial charge in [-0.05, 0) is 45.4 Å². The predicted molar refractivity (Wildman–Crippen MR) is 60.5 cm³/mol. The molecule has 0 amide bonds. The smallest absolute Gasteiger partial charge is 0.0468 e. The van der Waals surface area contributed by atoms with Crippen LogP contribution in [-0.4, -0.2) is 25.8 Å². The number of nitrogens with one attached hydrogen (secondary N) is 1. The van der Waals surface area contributed by atoms with E-state index in [1.807, 2.05) is 0 Å². The highest BCUT2D eigenvalue weighted by Crippen LogP contribution is 2.43. The van der Waals surface area contributed by atoms with Crippen molar-refractivity contribution < 1.29 is 4.74 Å². The topological polar surface area (TPSA) is 21.3 Å². The van der Waals surface area contributed by atoms with Gasteiger partial charge in [0, 0.05) is 25.8 Å². The molecule has 1 fully saturated rings. The summed E-state index contributed by atoms with van der Waals surface area (Å²) in [5.41, 5.74) is 0.791. The van der Waals surface area contributed by atoms with Gasteiger partial charge in [0.15, 0.2) is 0 Å². The fourth-order valence-electron chi connectivity index (χ4n) is 1.96. The molecule has 0 bridgehead atoms. The zero-order valence-corrected chi connectivity index (χ0v) is 10.2. The Hall–Kier alpha value is -0.0800. The van der Waals surface area contributed by atoms with E-state index in [1.54, 1.807) is 7.11 Å². The van der Waals surface area contributed by atoms with E-state index in [2.05, 4.69) is 26.1 Å². The molecule has 0 spiro atoms. The minimum Gasteiger partial charge on any atom is -0.385 e. The Balaban J connectivity index is 2.30. The molecule has 84 valence electrons. The van der Waals surface area contributed by atoms with Crippen LogP contribution in [0.25, 0.3) is 0 Å². The second-order valence-corrected chi connectivity index (χ2v) is 5.70. The van der Waals surface area contributed by atoms with Crippen molar-refractivity contribution in [1.29, 1.82) is 0 Å². The minimum absolute atomic E-state index is 0.246. The summed E-state index contributed by atoms with van der Waals surface area (Å²) in [7, 11) is 1.80. The van der Waals surface area contributed by atoms with Crippen LogP contribution in [0.4, 0.5) is 0 Å². The predicted octanol–water partition coefficient (Wildman–Crippen LogP) is 2.58. The number of methoxy groups -OCH3 is 1. The zero-order valence-electron chi connectivity index (χ0n) is 10.2. The van der Waals surface area contributed by atoms with Crippen molar-refractivity contribution >= 4 is 0 Å². The Morgan fingerprint density at radius 2 is 1.93 bits per heavy atom. The lowest BCUT2D eigenvalue weighted by atomic mass is 9.66. The Morgan fingerprint density at radius 3 is 2.29 bits per heavy atom. The molecule has 0 aromatic heterocycles. The molecule has 14 heavy (non-hydrogen) atoms. The average molecular weight is 199 g/mol. The molecule has 0 aliphatic heterocycles. The molecular formula is C12H25NO. The summed E-state index contributed by atoms with van der Waals surface area (Å²) < 4.78 is 5.18. The summed E-state index contributed by atoms with van der Waals surface area (Å²) in [6.45, 7) is 8.76. The molecule has 0 atom stereocenters. The van der Waals surface area contributed by atoms with Crippen LogP contribution in [0.3, 0.4) is 0 Å². The lowest BCUT2D eigenvalue weighted by Gasteiger charge is -2.44. The first-order chi connectivity index (χ1) is 6.47. The van der Waals surface area contributed by atoms with E-state index >= 15 is 0 Å². The highest BCUT2D eigenvalue weighted by atomic mass is 16.5. The largest absolute Gasteiger partial charge is 0.385 e. The van der Waals surface area contributed by atoms with E-state index in [9.17, 15) is 0 Å². The maximum Gasteiger partial charge on any atom is 0.0468 e. The lowest BCUT2D eigenvalue weighted by Crippen LogP contribution is -2.47. The molecular weight excluding hydrogens is 174 g/mol. The summed E-state index contributed by atoms with van der Waals surface area (Å²) in [5, 5.41) is 3.62. The third-order valence-electron chi connectivity index (χ3n) is 3.24. The molecule has 1 saturated carbocycles. The van der Waals surface area contributed by atoms with Gasteiger partial charge in [-0.1, -0.05) is 6.42 Å². The van der Waals surface area contributed by atoms with Crippen molar-refractivity contribution in [2.75, 3.05) is 20.3 Å². The van der Waals surface area contributed by atoms with E-state index < -0.39 is 0 Å².